The van der Waals surface area contributed by atoms with Crippen LogP contribution < -0.4 is 20.7 Å². The number of nitrogens with zero attached hydrogens (tertiary/aromatic N) is 4. The van der Waals surface area contributed by atoms with Gasteiger partial charge in [-0.2, -0.15) is 10.1 Å². The summed E-state index contributed by atoms with van der Waals surface area (Å²) in [6.45, 7) is 12.6. The van der Waals surface area contributed by atoms with Gasteiger partial charge in [-0.15, -0.1) is 0 Å². The predicted octanol–water partition coefficient (Wildman–Crippen LogP) is 4.31. The number of sulfone groups is 1. The number of rotatable bonds is 13. The lowest BCUT2D eigenvalue weighted by molar-refractivity contribution is 0.243. The minimum Gasteiger partial charge on any atom is -0.489 e. The highest BCUT2D eigenvalue weighted by Crippen LogP contribution is 2.35. The molecule has 4 N–H and O–H groups in total. The summed E-state index contributed by atoms with van der Waals surface area (Å²) >= 11 is 6.38. The van der Waals surface area contributed by atoms with Gasteiger partial charge in [0.05, 0.1) is 35.5 Å². The van der Waals surface area contributed by atoms with Gasteiger partial charge in [-0.3, -0.25) is 4.68 Å². The fraction of sp³-hybridized carbons (Fsp3) is 0.500. The first kappa shape index (κ1) is 30.6. The Balaban J connectivity index is 1.94. The lowest BCUT2D eigenvalue weighted by Crippen LogP contribution is -2.23. The van der Waals surface area contributed by atoms with Crippen molar-refractivity contribution in [1.29, 1.82) is 0 Å². The summed E-state index contributed by atoms with van der Waals surface area (Å²) in [6.07, 6.45) is 2.93. The van der Waals surface area contributed by atoms with E-state index in [0.717, 1.165) is 11.1 Å². The van der Waals surface area contributed by atoms with Crippen LogP contribution in [0.25, 0.3) is 0 Å². The maximum Gasteiger partial charge on any atom is 0.229 e. The van der Waals surface area contributed by atoms with E-state index in [1.165, 1.54) is 10.9 Å². The van der Waals surface area contributed by atoms with Crippen LogP contribution in [0, 0.1) is 6.92 Å². The van der Waals surface area contributed by atoms with Gasteiger partial charge in [-0.1, -0.05) is 18.5 Å². The Bertz CT molecular complexity index is 1390. The van der Waals surface area contributed by atoms with E-state index in [-0.39, 0.29) is 46.1 Å². The van der Waals surface area contributed by atoms with Gasteiger partial charge < -0.3 is 25.8 Å². The number of anilines is 4. The molecule has 214 valence electrons. The molecule has 11 nitrogen and oxygen atoms in total. The van der Waals surface area contributed by atoms with Crippen molar-refractivity contribution >= 4 is 44.6 Å². The van der Waals surface area contributed by atoms with Crippen molar-refractivity contribution in [2.24, 2.45) is 7.05 Å². The largest absolute Gasteiger partial charge is 0.489 e. The van der Waals surface area contributed by atoms with E-state index < -0.39 is 15.1 Å². The van der Waals surface area contributed by atoms with Gasteiger partial charge in [-0.05, 0) is 63.8 Å². The zero-order valence-electron chi connectivity index (χ0n) is 23.4. The Labute approximate surface area is 235 Å². The Morgan fingerprint density at radius 2 is 1.85 bits per heavy atom. The maximum absolute atomic E-state index is 12.8. The van der Waals surface area contributed by atoms with Crippen LogP contribution in [0.5, 0.6) is 5.75 Å². The molecular weight excluding hydrogens is 542 g/mol. The Kier molecular flexibility index (Phi) is 10.2. The number of benzene rings is 1. The molecule has 3 aromatic rings. The molecule has 0 spiro atoms. The number of aliphatic hydroxyl groups is 1. The van der Waals surface area contributed by atoms with Gasteiger partial charge in [-0.25, -0.2) is 13.4 Å². The van der Waals surface area contributed by atoms with Crippen LogP contribution in [0.3, 0.4) is 0 Å². The SMILES string of the molecule is Cc1cc(Nc2ncc(Cl)c(Nc3cn(C)nc3S(=O)(=O)C(C)C)n2)c(OC(C)C)cc1C(C)CNCCO. The van der Waals surface area contributed by atoms with Crippen molar-refractivity contribution in [1.82, 2.24) is 25.1 Å². The third-order valence-electron chi connectivity index (χ3n) is 5.93. The second-order valence-electron chi connectivity index (χ2n) is 9.96. The van der Waals surface area contributed by atoms with Crippen molar-refractivity contribution in [2.75, 3.05) is 30.3 Å². The molecule has 0 saturated heterocycles. The number of halogens is 1. The summed E-state index contributed by atoms with van der Waals surface area (Å²) in [6, 6.07) is 3.99. The molecule has 0 bridgehead atoms. The van der Waals surface area contributed by atoms with Crippen molar-refractivity contribution in [3.63, 3.8) is 0 Å². The average molecular weight is 580 g/mol. The molecule has 2 heterocycles. The Hall–Kier alpha value is -2.93. The first-order chi connectivity index (χ1) is 18.3. The molecule has 0 amide bonds. The second kappa shape index (κ2) is 12.9. The summed E-state index contributed by atoms with van der Waals surface area (Å²) < 4.78 is 33.2. The molecule has 3 rings (SSSR count). The number of aryl methyl sites for hydroxylation is 2. The van der Waals surface area contributed by atoms with Crippen molar-refractivity contribution in [3.8, 4) is 5.75 Å². The second-order valence-corrected chi connectivity index (χ2v) is 12.8. The minimum atomic E-state index is -3.65. The van der Waals surface area contributed by atoms with Crippen LogP contribution in [0.15, 0.2) is 29.6 Å². The third-order valence-corrected chi connectivity index (χ3v) is 8.29. The van der Waals surface area contributed by atoms with Crippen LogP contribution in [0.2, 0.25) is 5.02 Å². The summed E-state index contributed by atoms with van der Waals surface area (Å²) in [7, 11) is -2.01. The van der Waals surface area contributed by atoms with Gasteiger partial charge in [0.25, 0.3) is 0 Å². The topological polar surface area (TPSA) is 143 Å². The average Bonchev–Trinajstić information content (AvgIpc) is 3.23. The summed E-state index contributed by atoms with van der Waals surface area (Å²) in [5.41, 5.74) is 3.12. The zero-order chi connectivity index (χ0) is 28.9. The summed E-state index contributed by atoms with van der Waals surface area (Å²) in [5.74, 6) is 1.31. The number of aromatic nitrogens is 4. The molecular formula is C26H38ClN7O4S. The molecule has 2 aromatic heterocycles. The third kappa shape index (κ3) is 7.59. The fourth-order valence-corrected chi connectivity index (χ4v) is 5.18. The quantitative estimate of drug-likeness (QED) is 0.216. The summed E-state index contributed by atoms with van der Waals surface area (Å²) in [5, 5.41) is 22.2. The molecule has 0 saturated carbocycles. The lowest BCUT2D eigenvalue weighted by Gasteiger charge is -2.21. The first-order valence-electron chi connectivity index (χ1n) is 12.8. The van der Waals surface area contributed by atoms with E-state index in [2.05, 4.69) is 37.9 Å². The van der Waals surface area contributed by atoms with Gasteiger partial charge in [0.1, 0.15) is 10.8 Å². The maximum atomic E-state index is 12.8. The van der Waals surface area contributed by atoms with Crippen LogP contribution in [0.1, 0.15) is 51.7 Å². The van der Waals surface area contributed by atoms with Gasteiger partial charge in [0.2, 0.25) is 20.8 Å². The van der Waals surface area contributed by atoms with E-state index in [9.17, 15) is 8.42 Å². The van der Waals surface area contributed by atoms with Gasteiger partial charge >= 0.3 is 0 Å². The molecule has 0 aliphatic carbocycles. The van der Waals surface area contributed by atoms with E-state index in [4.69, 9.17) is 21.4 Å². The predicted molar refractivity (Wildman–Crippen MR) is 154 cm³/mol. The van der Waals surface area contributed by atoms with E-state index in [1.54, 1.807) is 27.1 Å². The molecule has 0 radical (unpaired) electrons. The number of ether oxygens (including phenoxy) is 1. The van der Waals surface area contributed by atoms with Crippen molar-refractivity contribution in [3.05, 3.63) is 40.7 Å². The molecule has 1 aromatic carbocycles. The molecule has 0 aliphatic heterocycles. The molecule has 0 aliphatic rings. The molecule has 13 heteroatoms. The normalized spacial score (nSPS) is 12.7. The smallest absolute Gasteiger partial charge is 0.229 e. The molecule has 0 fully saturated rings. The standard InChI is InChI=1S/C26H38ClN7O4S/c1-15(2)38-23-11-19(18(6)12-28-8-9-35)17(5)10-21(23)31-26-29-13-20(27)24(32-26)30-22-14-34(7)33-25(22)39(36,37)16(3)4/h10-11,13-16,18,28,35H,8-9,12H2,1-7H3,(H2,29,30,31,32). The van der Waals surface area contributed by atoms with Crippen molar-refractivity contribution in [2.45, 2.75) is 63.8 Å². The van der Waals surface area contributed by atoms with E-state index >= 15 is 0 Å². The number of hydrogen-bond donors (Lipinski definition) is 4. The van der Waals surface area contributed by atoms with E-state index in [1.807, 2.05) is 32.9 Å². The highest BCUT2D eigenvalue weighted by Gasteiger charge is 2.27. The minimum absolute atomic E-state index is 0.0702. The lowest BCUT2D eigenvalue weighted by atomic mass is 9.95. The zero-order valence-corrected chi connectivity index (χ0v) is 25.0. The van der Waals surface area contributed by atoms with Crippen LogP contribution in [0.4, 0.5) is 23.1 Å². The monoisotopic (exact) mass is 579 g/mol. The molecule has 1 atom stereocenters. The highest BCUT2D eigenvalue weighted by molar-refractivity contribution is 7.92. The van der Waals surface area contributed by atoms with Gasteiger partial charge in [0, 0.05) is 26.3 Å². The Morgan fingerprint density at radius 3 is 2.49 bits per heavy atom. The Morgan fingerprint density at radius 1 is 1.13 bits per heavy atom. The summed E-state index contributed by atoms with van der Waals surface area (Å²) in [4.78, 5) is 8.83. The van der Waals surface area contributed by atoms with Crippen LogP contribution >= 0.6 is 11.6 Å². The number of hydrogen-bond acceptors (Lipinski definition) is 10. The van der Waals surface area contributed by atoms with E-state index in [0.29, 0.717) is 24.5 Å². The van der Waals surface area contributed by atoms with Crippen LogP contribution in [-0.4, -0.2) is 64.3 Å². The van der Waals surface area contributed by atoms with Crippen LogP contribution in [-0.2, 0) is 16.9 Å². The molecule has 39 heavy (non-hydrogen) atoms. The highest BCUT2D eigenvalue weighted by atomic mass is 35.5. The number of aliphatic hydroxyl groups excluding tert-OH is 1. The van der Waals surface area contributed by atoms with Gasteiger partial charge in [0.15, 0.2) is 5.82 Å². The fourth-order valence-electron chi connectivity index (χ4n) is 3.94. The first-order valence-corrected chi connectivity index (χ1v) is 14.7. The van der Waals surface area contributed by atoms with Crippen molar-refractivity contribution < 1.29 is 18.3 Å². The molecule has 1 unspecified atom stereocenters. The number of nitrogens with one attached hydrogen (secondary N) is 3.